The van der Waals surface area contributed by atoms with E-state index in [4.69, 9.17) is 13.9 Å². The molecule has 2 heterocycles. The topological polar surface area (TPSA) is 115 Å². The van der Waals surface area contributed by atoms with Gasteiger partial charge in [-0.25, -0.2) is 0 Å². The van der Waals surface area contributed by atoms with Gasteiger partial charge in [-0.05, 0) is 12.1 Å². The average Bonchev–Trinajstić information content (AvgIpc) is 3.10. The largest absolute Gasteiger partial charge is 0.469 e. The second-order valence-electron chi connectivity index (χ2n) is 6.11. The van der Waals surface area contributed by atoms with Crippen molar-refractivity contribution in [3.63, 3.8) is 0 Å². The zero-order valence-corrected chi connectivity index (χ0v) is 12.2. The van der Waals surface area contributed by atoms with Crippen LogP contribution in [0.5, 0.6) is 0 Å². The van der Waals surface area contributed by atoms with Crippen molar-refractivity contribution in [3.05, 3.63) is 34.3 Å². The molecule has 0 unspecified atom stereocenters. The molecule has 2 aliphatic rings. The lowest BCUT2D eigenvalue weighted by Gasteiger charge is -2.38. The van der Waals surface area contributed by atoms with Crippen LogP contribution in [0.2, 0.25) is 0 Å². The van der Waals surface area contributed by atoms with Gasteiger partial charge in [0.05, 0.1) is 12.4 Å². The molecule has 22 heavy (non-hydrogen) atoms. The van der Waals surface area contributed by atoms with Crippen LogP contribution in [0.1, 0.15) is 25.5 Å². The van der Waals surface area contributed by atoms with E-state index in [9.17, 15) is 20.3 Å². The first-order valence-electron chi connectivity index (χ1n) is 7.25. The highest BCUT2D eigenvalue weighted by molar-refractivity contribution is 5.17. The summed E-state index contributed by atoms with van der Waals surface area (Å²) in [6.45, 7) is 3.71. The summed E-state index contributed by atoms with van der Waals surface area (Å²) in [6.07, 6.45) is -3.77. The van der Waals surface area contributed by atoms with E-state index in [0.29, 0.717) is 0 Å². The van der Waals surface area contributed by atoms with Crippen LogP contribution in [0.25, 0.3) is 0 Å². The highest BCUT2D eigenvalue weighted by Gasteiger charge is 2.62. The van der Waals surface area contributed by atoms with Crippen molar-refractivity contribution in [1.29, 1.82) is 0 Å². The Labute approximate surface area is 126 Å². The number of nitro groups is 1. The van der Waals surface area contributed by atoms with E-state index in [-0.39, 0.29) is 11.7 Å². The lowest BCUT2D eigenvalue weighted by molar-refractivity contribution is -0.547. The van der Waals surface area contributed by atoms with Gasteiger partial charge in [0, 0.05) is 10.8 Å². The second kappa shape index (κ2) is 5.62. The zero-order valence-electron chi connectivity index (χ0n) is 12.2. The minimum atomic E-state index is -1.36. The van der Waals surface area contributed by atoms with Crippen molar-refractivity contribution in [2.45, 2.75) is 56.5 Å². The summed E-state index contributed by atoms with van der Waals surface area (Å²) in [4.78, 5) is 11.1. The fourth-order valence-corrected chi connectivity index (χ4v) is 3.24. The number of hydrogen-bond donors (Lipinski definition) is 2. The Hall–Kier alpha value is -1.48. The van der Waals surface area contributed by atoms with Gasteiger partial charge >= 0.3 is 0 Å². The van der Waals surface area contributed by atoms with E-state index in [2.05, 4.69) is 0 Å². The molecule has 0 radical (unpaired) electrons. The van der Waals surface area contributed by atoms with Crippen molar-refractivity contribution < 1.29 is 29.0 Å². The smallest absolute Gasteiger partial charge is 0.254 e. The quantitative estimate of drug-likeness (QED) is 0.617. The Balaban J connectivity index is 1.98. The van der Waals surface area contributed by atoms with Crippen LogP contribution < -0.4 is 0 Å². The number of ether oxygens (including phenoxy) is 2. The van der Waals surface area contributed by atoms with Crippen LogP contribution in [0.15, 0.2) is 22.8 Å². The number of fused-ring (bicyclic) bond motifs is 1. The van der Waals surface area contributed by atoms with E-state index in [1.165, 1.54) is 6.26 Å². The lowest BCUT2D eigenvalue weighted by atomic mass is 9.76. The van der Waals surface area contributed by atoms with Gasteiger partial charge in [0.2, 0.25) is 0 Å². The molecule has 1 aromatic rings. The number of aliphatic hydroxyl groups is 2. The summed E-state index contributed by atoms with van der Waals surface area (Å²) in [7, 11) is 0. The molecule has 0 aromatic carbocycles. The monoisotopic (exact) mass is 313 g/mol. The van der Waals surface area contributed by atoms with Gasteiger partial charge in [0.1, 0.15) is 23.9 Å². The molecule has 2 fully saturated rings. The maximum Gasteiger partial charge on any atom is 0.254 e. The van der Waals surface area contributed by atoms with Crippen molar-refractivity contribution in [2.75, 3.05) is 0 Å². The van der Waals surface area contributed by atoms with Crippen LogP contribution in [0.3, 0.4) is 0 Å². The van der Waals surface area contributed by atoms with Crippen LogP contribution in [-0.2, 0) is 9.47 Å². The fourth-order valence-electron chi connectivity index (χ4n) is 3.24. The maximum atomic E-state index is 11.6. The third-order valence-corrected chi connectivity index (χ3v) is 4.32. The number of furan rings is 1. The molecule has 0 spiro atoms. The average molecular weight is 313 g/mol. The SMILES string of the molecule is CC(C)[C@@H]1O[C@@H]2[C@H](O)[C@H](O)[C@H](c3ccco3)[C@@H]([N+](=O)[O-])[C@@H]2O1. The van der Waals surface area contributed by atoms with Crippen molar-refractivity contribution in [1.82, 2.24) is 0 Å². The van der Waals surface area contributed by atoms with Crippen LogP contribution >= 0.6 is 0 Å². The number of aliphatic hydroxyl groups excluding tert-OH is 2. The molecule has 0 amide bonds. The number of hydrogen-bond acceptors (Lipinski definition) is 7. The molecule has 0 bridgehead atoms. The molecule has 1 saturated carbocycles. The predicted molar refractivity (Wildman–Crippen MR) is 72.6 cm³/mol. The Bertz CT molecular complexity index is 531. The molecule has 2 N–H and O–H groups in total. The van der Waals surface area contributed by atoms with Gasteiger partial charge in [-0.3, -0.25) is 10.1 Å². The van der Waals surface area contributed by atoms with E-state index >= 15 is 0 Å². The summed E-state index contributed by atoms with van der Waals surface area (Å²) >= 11 is 0. The maximum absolute atomic E-state index is 11.6. The van der Waals surface area contributed by atoms with Crippen molar-refractivity contribution in [2.24, 2.45) is 5.92 Å². The Morgan fingerprint density at radius 2 is 1.91 bits per heavy atom. The van der Waals surface area contributed by atoms with Crippen molar-refractivity contribution in [3.8, 4) is 0 Å². The third kappa shape index (κ3) is 2.32. The summed E-state index contributed by atoms with van der Waals surface area (Å²) < 4.78 is 16.5. The summed E-state index contributed by atoms with van der Waals surface area (Å²) in [6, 6.07) is 1.88. The van der Waals surface area contributed by atoms with Crippen LogP contribution in [0, 0.1) is 16.0 Å². The highest BCUT2D eigenvalue weighted by Crippen LogP contribution is 2.42. The van der Waals surface area contributed by atoms with Gasteiger partial charge < -0.3 is 24.1 Å². The van der Waals surface area contributed by atoms with Gasteiger partial charge in [-0.15, -0.1) is 0 Å². The molecule has 122 valence electrons. The van der Waals surface area contributed by atoms with Crippen LogP contribution in [-0.4, -0.2) is 51.9 Å². The Morgan fingerprint density at radius 3 is 2.45 bits per heavy atom. The first kappa shape index (κ1) is 15.4. The Morgan fingerprint density at radius 1 is 1.23 bits per heavy atom. The highest BCUT2D eigenvalue weighted by atomic mass is 16.7. The van der Waals surface area contributed by atoms with Gasteiger partial charge in [0.15, 0.2) is 12.4 Å². The second-order valence-corrected chi connectivity index (χ2v) is 6.11. The molecular formula is C14H19NO7. The minimum Gasteiger partial charge on any atom is -0.469 e. The molecule has 8 nitrogen and oxygen atoms in total. The normalized spacial score (nSPS) is 41.6. The molecule has 8 heteroatoms. The standard InChI is InChI=1S/C14H19NO7/c1-6(2)14-21-12-9(15(18)19)8(7-4-3-5-20-7)10(16)11(17)13(12)22-14/h3-6,8-14,16-17H,1-2H3/t8-,9-,10-,11-,12+,13-,14+/m1/s1. The molecule has 1 saturated heterocycles. The molecule has 1 aliphatic carbocycles. The Kier molecular flexibility index (Phi) is 3.94. The minimum absolute atomic E-state index is 0.0237. The van der Waals surface area contributed by atoms with Crippen molar-refractivity contribution >= 4 is 0 Å². The lowest BCUT2D eigenvalue weighted by Crippen LogP contribution is -2.60. The van der Waals surface area contributed by atoms with E-state index in [0.717, 1.165) is 0 Å². The third-order valence-electron chi connectivity index (χ3n) is 4.32. The van der Waals surface area contributed by atoms with Gasteiger partial charge in [-0.2, -0.15) is 0 Å². The zero-order chi connectivity index (χ0) is 16.0. The predicted octanol–water partition coefficient (Wildman–Crippen LogP) is 0.510. The molecule has 3 rings (SSSR count). The number of rotatable bonds is 3. The fraction of sp³-hybridized carbons (Fsp3) is 0.714. The van der Waals surface area contributed by atoms with E-state index < -0.39 is 47.6 Å². The van der Waals surface area contributed by atoms with Gasteiger partial charge in [0.25, 0.3) is 6.04 Å². The summed E-state index contributed by atoms with van der Waals surface area (Å²) in [5.74, 6) is -0.761. The summed E-state index contributed by atoms with van der Waals surface area (Å²) in [5, 5.41) is 32.2. The van der Waals surface area contributed by atoms with Gasteiger partial charge in [-0.1, -0.05) is 13.8 Å². The molecule has 1 aromatic heterocycles. The van der Waals surface area contributed by atoms with E-state index in [1.807, 2.05) is 13.8 Å². The molecule has 7 atom stereocenters. The first-order chi connectivity index (χ1) is 10.4. The molecule has 1 aliphatic heterocycles. The first-order valence-corrected chi connectivity index (χ1v) is 7.25. The van der Waals surface area contributed by atoms with Crippen LogP contribution in [0.4, 0.5) is 0 Å². The summed E-state index contributed by atoms with van der Waals surface area (Å²) in [5.41, 5.74) is 0. The number of nitrogens with zero attached hydrogens (tertiary/aromatic N) is 1. The molecular weight excluding hydrogens is 294 g/mol. The van der Waals surface area contributed by atoms with E-state index in [1.54, 1.807) is 12.1 Å².